The lowest BCUT2D eigenvalue weighted by Gasteiger charge is -2.10. The van der Waals surface area contributed by atoms with Gasteiger partial charge in [-0.3, -0.25) is 4.98 Å². The van der Waals surface area contributed by atoms with E-state index in [2.05, 4.69) is 16.4 Å². The quantitative estimate of drug-likeness (QED) is 0.849. The Morgan fingerprint density at radius 2 is 2.00 bits per heavy atom. The molecule has 0 radical (unpaired) electrons. The number of nitrogens with one attached hydrogen (secondary N) is 1. The van der Waals surface area contributed by atoms with Crippen LogP contribution in [0.1, 0.15) is 16.8 Å². The molecule has 3 nitrogen and oxygen atoms in total. The summed E-state index contributed by atoms with van der Waals surface area (Å²) in [5.41, 5.74) is 4.38. The first-order chi connectivity index (χ1) is 8.20. The van der Waals surface area contributed by atoms with Crippen molar-refractivity contribution in [1.82, 2.24) is 4.98 Å². The van der Waals surface area contributed by atoms with Gasteiger partial charge in [-0.2, -0.15) is 5.26 Å². The van der Waals surface area contributed by atoms with Gasteiger partial charge >= 0.3 is 0 Å². The van der Waals surface area contributed by atoms with E-state index < -0.39 is 0 Å². The van der Waals surface area contributed by atoms with E-state index in [1.54, 1.807) is 6.20 Å². The van der Waals surface area contributed by atoms with Crippen LogP contribution in [0.4, 0.5) is 11.4 Å². The number of anilines is 2. The summed E-state index contributed by atoms with van der Waals surface area (Å²) in [6, 6.07) is 11.8. The second-order valence-electron chi connectivity index (χ2n) is 3.92. The van der Waals surface area contributed by atoms with E-state index in [-0.39, 0.29) is 0 Å². The monoisotopic (exact) mass is 223 g/mol. The topological polar surface area (TPSA) is 48.7 Å². The average molecular weight is 223 g/mol. The normalized spacial score (nSPS) is 9.71. The first kappa shape index (κ1) is 11.2. The fraction of sp³-hybridized carbons (Fsp3) is 0.143. The molecule has 0 aliphatic carbocycles. The van der Waals surface area contributed by atoms with Crippen molar-refractivity contribution in [3.63, 3.8) is 0 Å². The van der Waals surface area contributed by atoms with Crippen LogP contribution in [0, 0.1) is 25.2 Å². The smallest absolute Gasteiger partial charge is 0.101 e. The Balaban J connectivity index is 2.37. The highest BCUT2D eigenvalue weighted by atomic mass is 14.9. The van der Waals surface area contributed by atoms with Crippen molar-refractivity contribution in [2.45, 2.75) is 13.8 Å². The third kappa shape index (κ3) is 2.43. The molecule has 0 bridgehead atoms. The van der Waals surface area contributed by atoms with Crippen molar-refractivity contribution in [3.05, 3.63) is 53.3 Å². The van der Waals surface area contributed by atoms with Crippen molar-refractivity contribution >= 4 is 11.4 Å². The Kier molecular flexibility index (Phi) is 3.06. The number of pyridine rings is 1. The Morgan fingerprint density at radius 3 is 2.71 bits per heavy atom. The number of aromatic nitrogens is 1. The predicted octanol–water partition coefficient (Wildman–Crippen LogP) is 3.31. The molecule has 0 aliphatic heterocycles. The van der Waals surface area contributed by atoms with Gasteiger partial charge in [-0.1, -0.05) is 6.07 Å². The minimum atomic E-state index is 0.647. The van der Waals surface area contributed by atoms with Crippen LogP contribution in [-0.4, -0.2) is 4.98 Å². The van der Waals surface area contributed by atoms with Crippen LogP contribution in [0.3, 0.4) is 0 Å². The summed E-state index contributed by atoms with van der Waals surface area (Å²) in [4.78, 5) is 4.20. The van der Waals surface area contributed by atoms with Crippen LogP contribution < -0.4 is 5.32 Å². The highest BCUT2D eigenvalue weighted by molar-refractivity contribution is 5.68. The molecular formula is C14H13N3. The third-order valence-corrected chi connectivity index (χ3v) is 2.57. The maximum absolute atomic E-state index is 9.08. The van der Waals surface area contributed by atoms with E-state index in [1.807, 2.05) is 44.2 Å². The number of nitrogens with zero attached hydrogens (tertiary/aromatic N) is 2. The minimum absolute atomic E-state index is 0.647. The number of hydrogen-bond donors (Lipinski definition) is 1. The fourth-order valence-corrected chi connectivity index (χ4v) is 1.62. The Hall–Kier alpha value is -2.34. The highest BCUT2D eigenvalue weighted by Crippen LogP contribution is 2.22. The van der Waals surface area contributed by atoms with Crippen molar-refractivity contribution in [2.24, 2.45) is 0 Å². The van der Waals surface area contributed by atoms with Gasteiger partial charge in [0, 0.05) is 6.20 Å². The Morgan fingerprint density at radius 1 is 1.18 bits per heavy atom. The molecule has 1 aromatic heterocycles. The molecule has 84 valence electrons. The van der Waals surface area contributed by atoms with Crippen LogP contribution in [0.25, 0.3) is 0 Å². The molecule has 0 saturated heterocycles. The lowest BCUT2D eigenvalue weighted by atomic mass is 10.1. The van der Waals surface area contributed by atoms with Gasteiger partial charge in [0.15, 0.2) is 0 Å². The van der Waals surface area contributed by atoms with Crippen molar-refractivity contribution in [2.75, 3.05) is 5.32 Å². The number of aryl methyl sites for hydroxylation is 2. The number of nitriles is 1. The summed E-state index contributed by atoms with van der Waals surface area (Å²) >= 11 is 0. The first-order valence-electron chi connectivity index (χ1n) is 5.40. The molecule has 0 atom stereocenters. The molecule has 0 aliphatic rings. The van der Waals surface area contributed by atoms with E-state index in [1.165, 1.54) is 0 Å². The van der Waals surface area contributed by atoms with E-state index in [0.717, 1.165) is 22.6 Å². The molecule has 2 aromatic rings. The van der Waals surface area contributed by atoms with Crippen LogP contribution in [0.15, 0.2) is 36.5 Å². The molecular weight excluding hydrogens is 210 g/mol. The molecule has 3 heteroatoms. The fourth-order valence-electron chi connectivity index (χ4n) is 1.62. The van der Waals surface area contributed by atoms with Crippen LogP contribution >= 0.6 is 0 Å². The average Bonchev–Trinajstić information content (AvgIpc) is 2.34. The molecule has 1 heterocycles. The van der Waals surface area contributed by atoms with Crippen LogP contribution in [0.5, 0.6) is 0 Å². The van der Waals surface area contributed by atoms with Crippen molar-refractivity contribution in [1.29, 1.82) is 5.26 Å². The first-order valence-corrected chi connectivity index (χ1v) is 5.40. The molecule has 0 spiro atoms. The molecule has 17 heavy (non-hydrogen) atoms. The summed E-state index contributed by atoms with van der Waals surface area (Å²) in [7, 11) is 0. The van der Waals surface area contributed by atoms with Crippen LogP contribution in [-0.2, 0) is 0 Å². The lowest BCUT2D eigenvalue weighted by molar-refractivity contribution is 1.20. The molecule has 1 N–H and O–H groups in total. The molecule has 0 unspecified atom stereocenters. The molecule has 0 fully saturated rings. The maximum Gasteiger partial charge on any atom is 0.101 e. The standard InChI is InChI=1S/C14H13N3/c1-10-5-6-14(12(8-10)9-15)17-13-4-3-7-16-11(13)2/h3-8,17H,1-2H3. The number of rotatable bonds is 2. The number of hydrogen-bond acceptors (Lipinski definition) is 3. The summed E-state index contributed by atoms with van der Waals surface area (Å²) in [6.07, 6.45) is 1.75. The zero-order valence-corrected chi connectivity index (χ0v) is 9.86. The van der Waals surface area contributed by atoms with Gasteiger partial charge in [0.05, 0.1) is 22.6 Å². The van der Waals surface area contributed by atoms with E-state index in [0.29, 0.717) is 5.56 Å². The van der Waals surface area contributed by atoms with Crippen molar-refractivity contribution in [3.8, 4) is 6.07 Å². The van der Waals surface area contributed by atoms with E-state index in [4.69, 9.17) is 5.26 Å². The predicted molar refractivity (Wildman–Crippen MR) is 68.2 cm³/mol. The van der Waals surface area contributed by atoms with Crippen LogP contribution in [0.2, 0.25) is 0 Å². The third-order valence-electron chi connectivity index (χ3n) is 2.57. The molecule has 0 saturated carbocycles. The summed E-state index contributed by atoms with van der Waals surface area (Å²) < 4.78 is 0. The zero-order chi connectivity index (χ0) is 12.3. The highest BCUT2D eigenvalue weighted by Gasteiger charge is 2.04. The molecule has 1 aromatic carbocycles. The maximum atomic E-state index is 9.08. The second-order valence-corrected chi connectivity index (χ2v) is 3.92. The molecule has 0 amide bonds. The van der Waals surface area contributed by atoms with Gasteiger partial charge in [0.25, 0.3) is 0 Å². The largest absolute Gasteiger partial charge is 0.353 e. The van der Waals surface area contributed by atoms with Gasteiger partial charge in [0.1, 0.15) is 6.07 Å². The van der Waals surface area contributed by atoms with E-state index >= 15 is 0 Å². The van der Waals surface area contributed by atoms with E-state index in [9.17, 15) is 0 Å². The second kappa shape index (κ2) is 4.67. The Bertz CT molecular complexity index is 582. The molecule has 2 rings (SSSR count). The number of benzene rings is 1. The zero-order valence-electron chi connectivity index (χ0n) is 9.86. The summed E-state index contributed by atoms with van der Waals surface area (Å²) in [6.45, 7) is 3.91. The Labute approximate surface area is 101 Å². The van der Waals surface area contributed by atoms with Gasteiger partial charge in [-0.25, -0.2) is 0 Å². The van der Waals surface area contributed by atoms with Gasteiger partial charge in [0.2, 0.25) is 0 Å². The lowest BCUT2D eigenvalue weighted by Crippen LogP contribution is -1.97. The SMILES string of the molecule is Cc1ccc(Nc2cccnc2C)c(C#N)c1. The van der Waals surface area contributed by atoms with Crippen molar-refractivity contribution < 1.29 is 0 Å². The van der Waals surface area contributed by atoms with Gasteiger partial charge in [-0.15, -0.1) is 0 Å². The summed E-state index contributed by atoms with van der Waals surface area (Å²) in [5, 5.41) is 12.3. The summed E-state index contributed by atoms with van der Waals surface area (Å²) in [5.74, 6) is 0. The van der Waals surface area contributed by atoms with Gasteiger partial charge < -0.3 is 5.32 Å². The minimum Gasteiger partial charge on any atom is -0.353 e. The van der Waals surface area contributed by atoms with Gasteiger partial charge in [-0.05, 0) is 43.7 Å².